The zero-order valence-corrected chi connectivity index (χ0v) is 13.1. The molecule has 1 N–H and O–H groups in total. The predicted octanol–water partition coefficient (Wildman–Crippen LogP) is 2.33. The van der Waals surface area contributed by atoms with Gasteiger partial charge in [0.2, 0.25) is 5.91 Å². The van der Waals surface area contributed by atoms with Crippen molar-refractivity contribution in [2.45, 2.75) is 57.7 Å². The van der Waals surface area contributed by atoms with Crippen LogP contribution >= 0.6 is 11.3 Å². The molecule has 0 aliphatic carbocycles. The highest BCUT2D eigenvalue weighted by molar-refractivity contribution is 7.09. The van der Waals surface area contributed by atoms with E-state index in [1.54, 1.807) is 11.3 Å². The first kappa shape index (κ1) is 14.0. The molecule has 0 aromatic carbocycles. The van der Waals surface area contributed by atoms with Crippen molar-refractivity contribution in [3.63, 3.8) is 0 Å². The van der Waals surface area contributed by atoms with Gasteiger partial charge in [-0.25, -0.2) is 4.98 Å². The van der Waals surface area contributed by atoms with Crippen LogP contribution in [0.25, 0.3) is 0 Å². The number of aryl methyl sites for hydroxylation is 1. The number of aromatic nitrogens is 1. The smallest absolute Gasteiger partial charge is 0.222 e. The fourth-order valence-electron chi connectivity index (χ4n) is 3.53. The van der Waals surface area contributed by atoms with Gasteiger partial charge in [0.25, 0.3) is 0 Å². The zero-order valence-electron chi connectivity index (χ0n) is 12.3. The number of amides is 1. The standard InChI is InChI=1S/C15H23N3OS/c1-10-14(20-9-16-10)8-18(2)15(19)7-11-5-12-3-4-13(6-11)17-12/h9,11-13,17H,3-8H2,1-2H3. The Morgan fingerprint density at radius 2 is 2.15 bits per heavy atom. The number of carbonyl (C=O) groups excluding carboxylic acids is 1. The van der Waals surface area contributed by atoms with Gasteiger partial charge in [-0.1, -0.05) is 0 Å². The van der Waals surface area contributed by atoms with E-state index >= 15 is 0 Å². The van der Waals surface area contributed by atoms with E-state index in [0.29, 0.717) is 31.0 Å². The van der Waals surface area contributed by atoms with Crippen LogP contribution in [0.4, 0.5) is 0 Å². The first-order valence-corrected chi connectivity index (χ1v) is 8.38. The van der Waals surface area contributed by atoms with Crippen molar-refractivity contribution in [1.82, 2.24) is 15.2 Å². The molecule has 2 atom stereocenters. The van der Waals surface area contributed by atoms with E-state index in [2.05, 4.69) is 10.3 Å². The van der Waals surface area contributed by atoms with Gasteiger partial charge in [-0.3, -0.25) is 4.79 Å². The molecule has 1 aromatic heterocycles. The third kappa shape index (κ3) is 3.04. The van der Waals surface area contributed by atoms with Crippen LogP contribution in [-0.4, -0.2) is 34.9 Å². The van der Waals surface area contributed by atoms with Gasteiger partial charge in [-0.2, -0.15) is 0 Å². The number of hydrogen-bond acceptors (Lipinski definition) is 4. The van der Waals surface area contributed by atoms with Gasteiger partial charge in [-0.05, 0) is 38.5 Å². The Kier molecular flexibility index (Phi) is 4.08. The number of carbonyl (C=O) groups is 1. The van der Waals surface area contributed by atoms with Crippen LogP contribution in [0.2, 0.25) is 0 Å². The van der Waals surface area contributed by atoms with Gasteiger partial charge < -0.3 is 10.2 Å². The van der Waals surface area contributed by atoms with Crippen LogP contribution in [0.3, 0.4) is 0 Å². The molecule has 1 aromatic rings. The molecule has 0 radical (unpaired) electrons. The molecule has 2 aliphatic heterocycles. The number of thiazole rings is 1. The second-order valence-electron chi connectivity index (χ2n) is 6.29. The lowest BCUT2D eigenvalue weighted by Crippen LogP contribution is -2.39. The van der Waals surface area contributed by atoms with E-state index in [0.717, 1.165) is 5.69 Å². The maximum Gasteiger partial charge on any atom is 0.222 e. The lowest BCUT2D eigenvalue weighted by atomic mass is 9.89. The Hall–Kier alpha value is -0.940. The average Bonchev–Trinajstić information content (AvgIpc) is 2.96. The quantitative estimate of drug-likeness (QED) is 0.926. The zero-order chi connectivity index (χ0) is 14.1. The highest BCUT2D eigenvalue weighted by atomic mass is 32.1. The SMILES string of the molecule is Cc1ncsc1CN(C)C(=O)CC1CC2CCC(C1)N2. The Bertz CT molecular complexity index is 475. The van der Waals surface area contributed by atoms with Crippen LogP contribution in [0.5, 0.6) is 0 Å². The van der Waals surface area contributed by atoms with Gasteiger partial charge in [0.1, 0.15) is 0 Å². The maximum absolute atomic E-state index is 12.4. The van der Waals surface area contributed by atoms with Crippen molar-refractivity contribution in [2.24, 2.45) is 5.92 Å². The molecular weight excluding hydrogens is 270 g/mol. The molecule has 20 heavy (non-hydrogen) atoms. The summed E-state index contributed by atoms with van der Waals surface area (Å²) in [6.07, 6.45) is 5.66. The molecule has 3 rings (SSSR count). The van der Waals surface area contributed by atoms with Crippen LogP contribution in [0.1, 0.15) is 42.7 Å². The summed E-state index contributed by atoms with van der Waals surface area (Å²) in [6.45, 7) is 2.71. The summed E-state index contributed by atoms with van der Waals surface area (Å²) in [5.74, 6) is 0.857. The third-order valence-electron chi connectivity index (χ3n) is 4.69. The lowest BCUT2D eigenvalue weighted by Gasteiger charge is -2.29. The highest BCUT2D eigenvalue weighted by Crippen LogP contribution is 2.33. The summed E-state index contributed by atoms with van der Waals surface area (Å²) < 4.78 is 0. The Balaban J connectivity index is 1.52. The molecule has 2 saturated heterocycles. The normalized spacial score (nSPS) is 28.6. The molecule has 2 unspecified atom stereocenters. The molecule has 0 saturated carbocycles. The van der Waals surface area contributed by atoms with Crippen LogP contribution in [0, 0.1) is 12.8 Å². The molecule has 1 amide bonds. The lowest BCUT2D eigenvalue weighted by molar-refractivity contribution is -0.131. The van der Waals surface area contributed by atoms with E-state index in [-0.39, 0.29) is 5.91 Å². The minimum absolute atomic E-state index is 0.282. The summed E-state index contributed by atoms with van der Waals surface area (Å²) in [6, 6.07) is 1.33. The second-order valence-corrected chi connectivity index (χ2v) is 7.23. The van der Waals surface area contributed by atoms with Gasteiger partial charge in [-0.15, -0.1) is 11.3 Å². The van der Waals surface area contributed by atoms with Crippen molar-refractivity contribution < 1.29 is 4.79 Å². The molecular formula is C15H23N3OS. The molecule has 2 fully saturated rings. The third-order valence-corrected chi connectivity index (χ3v) is 5.61. The molecule has 5 heteroatoms. The number of rotatable bonds is 4. The fraction of sp³-hybridized carbons (Fsp3) is 0.733. The molecule has 4 nitrogen and oxygen atoms in total. The molecule has 0 spiro atoms. The monoisotopic (exact) mass is 293 g/mol. The number of hydrogen-bond donors (Lipinski definition) is 1. The van der Waals surface area contributed by atoms with E-state index in [9.17, 15) is 4.79 Å². The molecule has 110 valence electrons. The van der Waals surface area contributed by atoms with Crippen molar-refractivity contribution >= 4 is 17.2 Å². The van der Waals surface area contributed by atoms with E-state index in [4.69, 9.17) is 0 Å². The van der Waals surface area contributed by atoms with E-state index < -0.39 is 0 Å². The number of piperidine rings is 1. The minimum Gasteiger partial charge on any atom is -0.341 e. The maximum atomic E-state index is 12.4. The van der Waals surface area contributed by atoms with Gasteiger partial charge in [0.05, 0.1) is 17.7 Å². The summed E-state index contributed by atoms with van der Waals surface area (Å²) >= 11 is 1.64. The van der Waals surface area contributed by atoms with Gasteiger partial charge in [0, 0.05) is 30.4 Å². The van der Waals surface area contributed by atoms with Crippen LogP contribution in [0.15, 0.2) is 5.51 Å². The summed E-state index contributed by atoms with van der Waals surface area (Å²) in [5, 5.41) is 3.64. The first-order valence-electron chi connectivity index (χ1n) is 7.50. The topological polar surface area (TPSA) is 45.2 Å². The van der Waals surface area contributed by atoms with Crippen molar-refractivity contribution in [1.29, 1.82) is 0 Å². The van der Waals surface area contributed by atoms with E-state index in [1.165, 1.54) is 30.6 Å². The summed E-state index contributed by atoms with van der Waals surface area (Å²) in [7, 11) is 1.91. The second kappa shape index (κ2) is 5.82. The summed E-state index contributed by atoms with van der Waals surface area (Å²) in [5.41, 5.74) is 2.91. The molecule has 3 heterocycles. The van der Waals surface area contributed by atoms with Crippen molar-refractivity contribution in [3.05, 3.63) is 16.1 Å². The minimum atomic E-state index is 0.282. The van der Waals surface area contributed by atoms with Crippen molar-refractivity contribution in [3.8, 4) is 0 Å². The summed E-state index contributed by atoms with van der Waals surface area (Å²) in [4.78, 5) is 19.7. The highest BCUT2D eigenvalue weighted by Gasteiger charge is 2.34. The van der Waals surface area contributed by atoms with Gasteiger partial charge in [0.15, 0.2) is 0 Å². The van der Waals surface area contributed by atoms with Crippen molar-refractivity contribution in [2.75, 3.05) is 7.05 Å². The Morgan fingerprint density at radius 3 is 2.75 bits per heavy atom. The number of nitrogens with one attached hydrogen (secondary N) is 1. The number of fused-ring (bicyclic) bond motifs is 2. The largest absolute Gasteiger partial charge is 0.341 e. The fourth-order valence-corrected chi connectivity index (χ4v) is 4.36. The number of nitrogens with zero attached hydrogens (tertiary/aromatic N) is 2. The van der Waals surface area contributed by atoms with Gasteiger partial charge >= 0.3 is 0 Å². The molecule has 2 aliphatic rings. The predicted molar refractivity (Wildman–Crippen MR) is 80.6 cm³/mol. The molecule has 2 bridgehead atoms. The average molecular weight is 293 g/mol. The van der Waals surface area contributed by atoms with Crippen LogP contribution < -0.4 is 5.32 Å². The Labute approximate surface area is 124 Å². The van der Waals surface area contributed by atoms with Crippen LogP contribution in [-0.2, 0) is 11.3 Å². The Morgan fingerprint density at radius 1 is 1.45 bits per heavy atom. The first-order chi connectivity index (χ1) is 9.61. The van der Waals surface area contributed by atoms with E-state index in [1.807, 2.05) is 24.4 Å².